The maximum absolute atomic E-state index is 12.7. The third kappa shape index (κ3) is 3.94. The molecule has 0 aliphatic carbocycles. The van der Waals surface area contributed by atoms with Gasteiger partial charge < -0.3 is 4.90 Å². The highest BCUT2D eigenvalue weighted by molar-refractivity contribution is 5.94. The molecule has 1 aromatic heterocycles. The van der Waals surface area contributed by atoms with Crippen molar-refractivity contribution in [1.29, 1.82) is 0 Å². The molecular formula is C21H24N6O. The second kappa shape index (κ2) is 7.90. The number of nitrogens with zero attached hydrogens (tertiary/aromatic N) is 6. The average molecular weight is 376 g/mol. The van der Waals surface area contributed by atoms with Crippen molar-refractivity contribution < 1.29 is 4.79 Å². The van der Waals surface area contributed by atoms with Gasteiger partial charge in [-0.05, 0) is 48.5 Å². The molecule has 7 nitrogen and oxygen atoms in total. The Morgan fingerprint density at radius 3 is 2.43 bits per heavy atom. The van der Waals surface area contributed by atoms with Gasteiger partial charge in [-0.2, -0.15) is 4.68 Å². The van der Waals surface area contributed by atoms with Gasteiger partial charge in [0.15, 0.2) is 5.82 Å². The molecule has 3 aromatic rings. The lowest BCUT2D eigenvalue weighted by atomic mass is 10.1. The molecule has 1 aliphatic heterocycles. The van der Waals surface area contributed by atoms with E-state index in [-0.39, 0.29) is 5.91 Å². The number of carbonyl (C=O) groups excluding carboxylic acids is 1. The van der Waals surface area contributed by atoms with Gasteiger partial charge in [0, 0.05) is 31.7 Å². The van der Waals surface area contributed by atoms with E-state index in [2.05, 4.69) is 39.5 Å². The molecule has 2 aromatic carbocycles. The minimum atomic E-state index is 0.104. The molecule has 1 saturated heterocycles. The van der Waals surface area contributed by atoms with E-state index in [4.69, 9.17) is 0 Å². The van der Waals surface area contributed by atoms with Crippen molar-refractivity contribution in [3.8, 4) is 5.69 Å². The zero-order valence-electron chi connectivity index (χ0n) is 16.2. The Morgan fingerprint density at radius 2 is 1.71 bits per heavy atom. The third-order valence-corrected chi connectivity index (χ3v) is 5.10. The number of carbonyl (C=O) groups is 1. The Morgan fingerprint density at radius 1 is 0.964 bits per heavy atom. The summed E-state index contributed by atoms with van der Waals surface area (Å²) < 4.78 is 1.78. The van der Waals surface area contributed by atoms with Crippen molar-refractivity contribution in [2.24, 2.45) is 0 Å². The normalized spacial score (nSPS) is 15.0. The highest BCUT2D eigenvalue weighted by Crippen LogP contribution is 2.14. The summed E-state index contributed by atoms with van der Waals surface area (Å²) in [6.45, 7) is 7.75. The Labute approximate surface area is 164 Å². The molecule has 0 atom stereocenters. The number of benzene rings is 2. The number of amides is 1. The van der Waals surface area contributed by atoms with Crippen molar-refractivity contribution >= 4 is 5.91 Å². The minimum absolute atomic E-state index is 0.104. The van der Waals surface area contributed by atoms with E-state index in [9.17, 15) is 4.79 Å². The predicted molar refractivity (Wildman–Crippen MR) is 106 cm³/mol. The fraction of sp³-hybridized carbons (Fsp3) is 0.333. The van der Waals surface area contributed by atoms with Gasteiger partial charge in [0.05, 0.1) is 12.2 Å². The number of tetrazole rings is 1. The summed E-state index contributed by atoms with van der Waals surface area (Å²) in [6.07, 6.45) is 0. The summed E-state index contributed by atoms with van der Waals surface area (Å²) in [7, 11) is 0. The molecule has 28 heavy (non-hydrogen) atoms. The third-order valence-electron chi connectivity index (χ3n) is 5.10. The molecule has 0 radical (unpaired) electrons. The van der Waals surface area contributed by atoms with Crippen LogP contribution in [0.4, 0.5) is 0 Å². The zero-order chi connectivity index (χ0) is 19.5. The molecule has 0 N–H and O–H groups in total. The van der Waals surface area contributed by atoms with Gasteiger partial charge in [-0.25, -0.2) is 0 Å². The molecule has 7 heteroatoms. The smallest absolute Gasteiger partial charge is 0.253 e. The lowest BCUT2D eigenvalue weighted by Crippen LogP contribution is -2.48. The summed E-state index contributed by atoms with van der Waals surface area (Å²) >= 11 is 0. The van der Waals surface area contributed by atoms with Crippen LogP contribution >= 0.6 is 0 Å². The summed E-state index contributed by atoms with van der Waals surface area (Å²) in [5.41, 5.74) is 4.02. The Kier molecular flexibility index (Phi) is 5.16. The molecule has 1 fully saturated rings. The quantitative estimate of drug-likeness (QED) is 0.699. The van der Waals surface area contributed by atoms with E-state index >= 15 is 0 Å². The molecule has 0 unspecified atom stereocenters. The number of rotatable bonds is 4. The Hall–Kier alpha value is -3.06. The van der Waals surface area contributed by atoms with Crippen LogP contribution in [-0.2, 0) is 6.54 Å². The zero-order valence-corrected chi connectivity index (χ0v) is 16.2. The lowest BCUT2D eigenvalue weighted by Gasteiger charge is -2.34. The van der Waals surface area contributed by atoms with Gasteiger partial charge >= 0.3 is 0 Å². The molecule has 1 aliphatic rings. The van der Waals surface area contributed by atoms with Crippen molar-refractivity contribution in [3.05, 3.63) is 71.0 Å². The number of aromatic nitrogens is 4. The van der Waals surface area contributed by atoms with E-state index in [0.717, 1.165) is 35.7 Å². The van der Waals surface area contributed by atoms with E-state index in [1.807, 2.05) is 48.2 Å². The summed E-state index contributed by atoms with van der Waals surface area (Å²) in [5, 5.41) is 12.2. The van der Waals surface area contributed by atoms with E-state index in [1.165, 1.54) is 5.56 Å². The van der Waals surface area contributed by atoms with Gasteiger partial charge in [0.25, 0.3) is 5.91 Å². The molecular weight excluding hydrogens is 352 g/mol. The lowest BCUT2D eigenvalue weighted by molar-refractivity contribution is 0.0624. The second-order valence-electron chi connectivity index (χ2n) is 7.28. The van der Waals surface area contributed by atoms with Gasteiger partial charge in [-0.1, -0.05) is 35.4 Å². The van der Waals surface area contributed by atoms with Crippen LogP contribution in [-0.4, -0.2) is 62.1 Å². The van der Waals surface area contributed by atoms with Crippen molar-refractivity contribution in [2.75, 3.05) is 26.2 Å². The van der Waals surface area contributed by atoms with Gasteiger partial charge in [-0.15, -0.1) is 5.10 Å². The fourth-order valence-corrected chi connectivity index (χ4v) is 3.46. The first-order valence-corrected chi connectivity index (χ1v) is 9.53. The largest absolute Gasteiger partial charge is 0.336 e. The first-order chi connectivity index (χ1) is 13.6. The highest BCUT2D eigenvalue weighted by Gasteiger charge is 2.23. The number of aryl methyl sites for hydroxylation is 2. The van der Waals surface area contributed by atoms with E-state index in [1.54, 1.807) is 4.68 Å². The van der Waals surface area contributed by atoms with Crippen molar-refractivity contribution in [1.82, 2.24) is 30.0 Å². The van der Waals surface area contributed by atoms with E-state index in [0.29, 0.717) is 19.6 Å². The van der Waals surface area contributed by atoms with Crippen LogP contribution in [0.3, 0.4) is 0 Å². The first-order valence-electron chi connectivity index (χ1n) is 9.53. The average Bonchev–Trinajstić information content (AvgIpc) is 3.17. The van der Waals surface area contributed by atoms with Crippen LogP contribution in [0, 0.1) is 13.8 Å². The number of hydrogen-bond acceptors (Lipinski definition) is 5. The molecule has 1 amide bonds. The van der Waals surface area contributed by atoms with Crippen LogP contribution in [0.15, 0.2) is 48.5 Å². The Bertz CT molecular complexity index is 957. The van der Waals surface area contributed by atoms with Crippen LogP contribution in [0.1, 0.15) is 27.3 Å². The van der Waals surface area contributed by atoms with Crippen LogP contribution in [0.25, 0.3) is 5.69 Å². The van der Waals surface area contributed by atoms with Gasteiger partial charge in [-0.3, -0.25) is 9.69 Å². The minimum Gasteiger partial charge on any atom is -0.336 e. The summed E-state index contributed by atoms with van der Waals surface area (Å²) in [5.74, 6) is 0.912. The standard InChI is InChI=1S/C21H24N6O/c1-16-6-8-19(9-7-16)27-20(22-23-24-27)15-25-10-12-26(13-11-25)21(28)18-5-3-4-17(2)14-18/h3-9,14H,10-13,15H2,1-2H3. The maximum atomic E-state index is 12.7. The van der Waals surface area contributed by atoms with Crippen LogP contribution < -0.4 is 0 Å². The van der Waals surface area contributed by atoms with Crippen molar-refractivity contribution in [3.63, 3.8) is 0 Å². The number of piperazine rings is 1. The van der Waals surface area contributed by atoms with Gasteiger partial charge in [0.1, 0.15) is 0 Å². The maximum Gasteiger partial charge on any atom is 0.253 e. The molecule has 0 spiro atoms. The van der Waals surface area contributed by atoms with Gasteiger partial charge in [0.2, 0.25) is 0 Å². The van der Waals surface area contributed by atoms with Crippen molar-refractivity contribution in [2.45, 2.75) is 20.4 Å². The summed E-state index contributed by atoms with van der Waals surface area (Å²) in [4.78, 5) is 16.9. The second-order valence-corrected chi connectivity index (χ2v) is 7.28. The molecule has 0 saturated carbocycles. The molecule has 144 valence electrons. The Balaban J connectivity index is 1.38. The number of hydrogen-bond donors (Lipinski definition) is 0. The van der Waals surface area contributed by atoms with Crippen LogP contribution in [0.5, 0.6) is 0 Å². The summed E-state index contributed by atoms with van der Waals surface area (Å²) in [6, 6.07) is 15.9. The fourth-order valence-electron chi connectivity index (χ4n) is 3.46. The predicted octanol–water partition coefficient (Wildman–Crippen LogP) is 2.24. The van der Waals surface area contributed by atoms with Crippen LogP contribution in [0.2, 0.25) is 0 Å². The van der Waals surface area contributed by atoms with E-state index < -0.39 is 0 Å². The SMILES string of the molecule is Cc1ccc(-n2nnnc2CN2CCN(C(=O)c3cccc(C)c3)CC2)cc1. The highest BCUT2D eigenvalue weighted by atomic mass is 16.2. The molecule has 0 bridgehead atoms. The molecule has 2 heterocycles. The first kappa shape index (κ1) is 18.3. The molecule has 4 rings (SSSR count). The monoisotopic (exact) mass is 376 g/mol. The topological polar surface area (TPSA) is 67.2 Å².